The minimum absolute atomic E-state index is 0.383. The van der Waals surface area contributed by atoms with Crippen LogP contribution in [0.5, 0.6) is 0 Å². The highest BCUT2D eigenvalue weighted by atomic mass is 32.2. The standard InChI is InChI=1S/C10H13N5O2S2/c11-19(16,17)15-4-2-14(3-5-15)9-8-1-6-18-10(8)13-7-12-9/h1,6-7H,2-5H2,(H2,11,16,17). The van der Waals surface area contributed by atoms with Crippen molar-refractivity contribution in [3.63, 3.8) is 0 Å². The summed E-state index contributed by atoms with van der Waals surface area (Å²) < 4.78 is 23.8. The Morgan fingerprint density at radius 1 is 1.21 bits per heavy atom. The van der Waals surface area contributed by atoms with Gasteiger partial charge in [0.25, 0.3) is 10.2 Å². The van der Waals surface area contributed by atoms with Gasteiger partial charge < -0.3 is 4.90 Å². The molecular formula is C10H13N5O2S2. The summed E-state index contributed by atoms with van der Waals surface area (Å²) in [6.45, 7) is 1.93. The molecule has 9 heteroatoms. The van der Waals surface area contributed by atoms with Gasteiger partial charge >= 0.3 is 0 Å². The van der Waals surface area contributed by atoms with Gasteiger partial charge in [-0.15, -0.1) is 11.3 Å². The fourth-order valence-electron chi connectivity index (χ4n) is 2.18. The maximum atomic E-state index is 11.3. The van der Waals surface area contributed by atoms with Crippen molar-refractivity contribution in [1.29, 1.82) is 0 Å². The summed E-state index contributed by atoms with van der Waals surface area (Å²) in [6, 6.07) is 1.99. The molecule has 0 saturated carbocycles. The number of piperazine rings is 1. The number of nitrogens with two attached hydrogens (primary N) is 1. The molecule has 2 N–H and O–H groups in total. The molecule has 3 heterocycles. The monoisotopic (exact) mass is 299 g/mol. The molecule has 0 amide bonds. The van der Waals surface area contributed by atoms with E-state index in [4.69, 9.17) is 5.14 Å². The number of hydrogen-bond acceptors (Lipinski definition) is 6. The van der Waals surface area contributed by atoms with Gasteiger partial charge in [-0.3, -0.25) is 0 Å². The quantitative estimate of drug-likeness (QED) is 0.843. The van der Waals surface area contributed by atoms with Gasteiger partial charge in [0.2, 0.25) is 0 Å². The molecule has 2 aromatic heterocycles. The molecule has 1 aliphatic heterocycles. The van der Waals surface area contributed by atoms with E-state index in [1.807, 2.05) is 11.4 Å². The minimum Gasteiger partial charge on any atom is -0.353 e. The Morgan fingerprint density at radius 3 is 2.63 bits per heavy atom. The number of rotatable bonds is 2. The van der Waals surface area contributed by atoms with E-state index in [1.54, 1.807) is 17.7 Å². The van der Waals surface area contributed by atoms with Gasteiger partial charge in [-0.25, -0.2) is 15.1 Å². The number of anilines is 1. The molecular weight excluding hydrogens is 286 g/mol. The highest BCUT2D eigenvalue weighted by Crippen LogP contribution is 2.27. The summed E-state index contributed by atoms with van der Waals surface area (Å²) in [4.78, 5) is 11.5. The van der Waals surface area contributed by atoms with Gasteiger partial charge in [0.15, 0.2) is 0 Å². The van der Waals surface area contributed by atoms with Crippen molar-refractivity contribution < 1.29 is 8.42 Å². The van der Waals surface area contributed by atoms with Crippen LogP contribution in [0.15, 0.2) is 17.8 Å². The second-order valence-electron chi connectivity index (χ2n) is 4.27. The van der Waals surface area contributed by atoms with E-state index in [-0.39, 0.29) is 0 Å². The maximum absolute atomic E-state index is 11.3. The van der Waals surface area contributed by atoms with Gasteiger partial charge in [0.05, 0.1) is 5.39 Å². The third kappa shape index (κ3) is 2.41. The molecule has 0 unspecified atom stereocenters. The highest BCUT2D eigenvalue weighted by Gasteiger charge is 2.25. The summed E-state index contributed by atoms with van der Waals surface area (Å²) >= 11 is 1.57. The number of nitrogens with zero attached hydrogens (tertiary/aromatic N) is 4. The van der Waals surface area contributed by atoms with Crippen molar-refractivity contribution in [2.75, 3.05) is 31.1 Å². The van der Waals surface area contributed by atoms with Crippen molar-refractivity contribution in [2.45, 2.75) is 0 Å². The zero-order valence-corrected chi connectivity index (χ0v) is 11.7. The molecule has 1 saturated heterocycles. The summed E-state index contributed by atoms with van der Waals surface area (Å²) in [5, 5.41) is 8.11. The fourth-order valence-corrected chi connectivity index (χ4v) is 3.58. The Balaban J connectivity index is 1.84. The SMILES string of the molecule is NS(=O)(=O)N1CCN(c2ncnc3sccc23)CC1. The van der Waals surface area contributed by atoms with Crippen molar-refractivity contribution in [3.05, 3.63) is 17.8 Å². The van der Waals surface area contributed by atoms with Gasteiger partial charge in [0, 0.05) is 26.2 Å². The summed E-state index contributed by atoms with van der Waals surface area (Å²) in [7, 11) is -3.59. The normalized spacial score (nSPS) is 18.1. The largest absolute Gasteiger partial charge is 0.353 e. The van der Waals surface area contributed by atoms with Gasteiger partial charge in [-0.1, -0.05) is 0 Å². The van der Waals surface area contributed by atoms with Crippen LogP contribution < -0.4 is 10.0 Å². The Morgan fingerprint density at radius 2 is 1.95 bits per heavy atom. The zero-order valence-electron chi connectivity index (χ0n) is 10.1. The fraction of sp³-hybridized carbons (Fsp3) is 0.400. The van der Waals surface area contributed by atoms with Crippen LogP contribution >= 0.6 is 11.3 Å². The lowest BCUT2D eigenvalue weighted by molar-refractivity contribution is 0.385. The number of fused-ring (bicyclic) bond motifs is 1. The first-order valence-corrected chi connectivity index (χ1v) is 8.15. The molecule has 1 fully saturated rings. The molecule has 102 valence electrons. The predicted molar refractivity (Wildman–Crippen MR) is 74.3 cm³/mol. The Labute approximate surface area is 114 Å². The lowest BCUT2D eigenvalue weighted by atomic mass is 10.3. The molecule has 0 bridgehead atoms. The summed E-state index contributed by atoms with van der Waals surface area (Å²) in [5.74, 6) is 0.861. The first-order chi connectivity index (χ1) is 9.05. The van der Waals surface area contributed by atoms with Crippen LogP contribution in [0, 0.1) is 0 Å². The Hall–Kier alpha value is -1.29. The van der Waals surface area contributed by atoms with E-state index in [1.165, 1.54) is 4.31 Å². The van der Waals surface area contributed by atoms with E-state index in [2.05, 4.69) is 14.9 Å². The van der Waals surface area contributed by atoms with Crippen molar-refractivity contribution in [3.8, 4) is 0 Å². The molecule has 1 aliphatic rings. The Bertz CT molecular complexity index is 691. The molecule has 2 aromatic rings. The molecule has 0 spiro atoms. The van der Waals surface area contributed by atoms with E-state index in [0.717, 1.165) is 16.0 Å². The molecule has 0 aromatic carbocycles. The second-order valence-corrected chi connectivity index (χ2v) is 6.71. The number of thiophene rings is 1. The van der Waals surface area contributed by atoms with Crippen LogP contribution in [0.25, 0.3) is 10.2 Å². The molecule has 0 atom stereocenters. The van der Waals surface area contributed by atoms with E-state index in [9.17, 15) is 8.42 Å². The van der Waals surface area contributed by atoms with Crippen LogP contribution in [0.3, 0.4) is 0 Å². The van der Waals surface area contributed by atoms with Crippen LogP contribution in [0.1, 0.15) is 0 Å². The van der Waals surface area contributed by atoms with E-state index < -0.39 is 10.2 Å². The summed E-state index contributed by atoms with van der Waals surface area (Å²) in [5.41, 5.74) is 0. The van der Waals surface area contributed by atoms with Crippen LogP contribution in [0.2, 0.25) is 0 Å². The average Bonchev–Trinajstić information content (AvgIpc) is 2.86. The van der Waals surface area contributed by atoms with E-state index >= 15 is 0 Å². The topological polar surface area (TPSA) is 92.4 Å². The maximum Gasteiger partial charge on any atom is 0.277 e. The highest BCUT2D eigenvalue weighted by molar-refractivity contribution is 7.86. The smallest absolute Gasteiger partial charge is 0.277 e. The third-order valence-corrected chi connectivity index (χ3v) is 5.04. The molecule has 0 radical (unpaired) electrons. The van der Waals surface area contributed by atoms with E-state index in [0.29, 0.717) is 26.2 Å². The van der Waals surface area contributed by atoms with Gasteiger partial charge in [-0.05, 0) is 11.4 Å². The predicted octanol–water partition coefficient (Wildman–Crippen LogP) is 0.0168. The third-order valence-electron chi connectivity index (χ3n) is 3.14. The first kappa shape index (κ1) is 12.7. The van der Waals surface area contributed by atoms with Crippen molar-refractivity contribution >= 4 is 37.6 Å². The van der Waals surface area contributed by atoms with Crippen LogP contribution in [-0.2, 0) is 10.2 Å². The van der Waals surface area contributed by atoms with Gasteiger partial charge in [0.1, 0.15) is 17.0 Å². The zero-order chi connectivity index (χ0) is 13.5. The van der Waals surface area contributed by atoms with Crippen LogP contribution in [0.4, 0.5) is 5.82 Å². The average molecular weight is 299 g/mol. The molecule has 19 heavy (non-hydrogen) atoms. The van der Waals surface area contributed by atoms with Gasteiger partial charge in [-0.2, -0.15) is 12.7 Å². The first-order valence-electron chi connectivity index (χ1n) is 5.77. The lowest BCUT2D eigenvalue weighted by Crippen LogP contribution is -2.50. The number of hydrogen-bond donors (Lipinski definition) is 1. The van der Waals surface area contributed by atoms with Crippen molar-refractivity contribution in [1.82, 2.24) is 14.3 Å². The molecule has 3 rings (SSSR count). The summed E-state index contributed by atoms with van der Waals surface area (Å²) in [6.07, 6.45) is 1.54. The lowest BCUT2D eigenvalue weighted by Gasteiger charge is -2.33. The molecule has 0 aliphatic carbocycles. The number of aromatic nitrogens is 2. The minimum atomic E-state index is -3.59. The van der Waals surface area contributed by atoms with Crippen LogP contribution in [-0.4, -0.2) is 48.9 Å². The second kappa shape index (κ2) is 4.67. The molecule has 7 nitrogen and oxygen atoms in total. The van der Waals surface area contributed by atoms with Crippen molar-refractivity contribution in [2.24, 2.45) is 5.14 Å². The Kier molecular flexibility index (Phi) is 3.13.